The summed E-state index contributed by atoms with van der Waals surface area (Å²) in [7, 11) is -3.63. The molecule has 2 aromatic carbocycles. The highest BCUT2D eigenvalue weighted by atomic mass is 32.2. The first kappa shape index (κ1) is 25.4. The van der Waals surface area contributed by atoms with Gasteiger partial charge in [0, 0.05) is 17.0 Å². The molecule has 1 aromatic heterocycles. The second kappa shape index (κ2) is 9.58. The van der Waals surface area contributed by atoms with Crippen molar-refractivity contribution in [2.24, 2.45) is 5.41 Å². The zero-order valence-electron chi connectivity index (χ0n) is 21.5. The minimum atomic E-state index is -3.63. The molecule has 0 bridgehead atoms. The SMILES string of the molecule is Cc1ccccc1S(=O)(=O)N1CCc2cc(-c3nc(NC(=O)CC4=CCC(C)(C)C=C4)sc3C)ccc21. The predicted molar refractivity (Wildman–Crippen MR) is 151 cm³/mol. The average Bonchev–Trinajstić information content (AvgIpc) is 3.43. The van der Waals surface area contributed by atoms with Crippen LogP contribution >= 0.6 is 11.3 Å². The van der Waals surface area contributed by atoms with Crippen LogP contribution in [0.4, 0.5) is 10.8 Å². The summed E-state index contributed by atoms with van der Waals surface area (Å²) in [5.41, 5.74) is 5.31. The number of allylic oxidation sites excluding steroid dienone is 3. The second-order valence-electron chi connectivity index (χ2n) is 10.4. The van der Waals surface area contributed by atoms with E-state index in [4.69, 9.17) is 4.98 Å². The van der Waals surface area contributed by atoms with Crippen LogP contribution in [0.15, 0.2) is 71.2 Å². The highest BCUT2D eigenvalue weighted by molar-refractivity contribution is 7.93. The maximum atomic E-state index is 13.4. The summed E-state index contributed by atoms with van der Waals surface area (Å²) in [4.78, 5) is 18.7. The molecule has 0 atom stereocenters. The minimum Gasteiger partial charge on any atom is -0.302 e. The summed E-state index contributed by atoms with van der Waals surface area (Å²) >= 11 is 1.45. The molecular weight excluding hydrogens is 502 g/mol. The van der Waals surface area contributed by atoms with Crippen LogP contribution in [0.2, 0.25) is 0 Å². The van der Waals surface area contributed by atoms with Crippen LogP contribution in [-0.2, 0) is 21.2 Å². The third-order valence-electron chi connectivity index (χ3n) is 6.91. The number of sulfonamides is 1. The lowest BCUT2D eigenvalue weighted by molar-refractivity contribution is -0.115. The number of nitrogens with one attached hydrogen (secondary N) is 1. The Kier molecular flexibility index (Phi) is 6.58. The molecular formula is C29H31N3O3S2. The van der Waals surface area contributed by atoms with E-state index in [9.17, 15) is 13.2 Å². The number of aromatic nitrogens is 1. The maximum Gasteiger partial charge on any atom is 0.264 e. The second-order valence-corrected chi connectivity index (χ2v) is 13.4. The fraction of sp³-hybridized carbons (Fsp3) is 0.310. The Morgan fingerprint density at radius 2 is 1.95 bits per heavy atom. The van der Waals surface area contributed by atoms with E-state index in [2.05, 4.69) is 31.3 Å². The molecule has 0 radical (unpaired) electrons. The normalized spacial score (nSPS) is 16.4. The van der Waals surface area contributed by atoms with Crippen LogP contribution in [0.25, 0.3) is 11.3 Å². The first-order valence-corrected chi connectivity index (χ1v) is 14.7. The summed E-state index contributed by atoms with van der Waals surface area (Å²) < 4.78 is 28.3. The molecule has 2 heterocycles. The number of aryl methyl sites for hydroxylation is 2. The molecule has 1 aliphatic heterocycles. The quantitative estimate of drug-likeness (QED) is 0.397. The van der Waals surface area contributed by atoms with Crippen molar-refractivity contribution in [2.75, 3.05) is 16.2 Å². The van der Waals surface area contributed by atoms with Gasteiger partial charge in [-0.15, -0.1) is 11.3 Å². The highest BCUT2D eigenvalue weighted by Crippen LogP contribution is 2.38. The molecule has 192 valence electrons. The van der Waals surface area contributed by atoms with E-state index in [1.807, 2.05) is 50.3 Å². The smallest absolute Gasteiger partial charge is 0.264 e. The van der Waals surface area contributed by atoms with Gasteiger partial charge in [0.15, 0.2) is 5.13 Å². The van der Waals surface area contributed by atoms with Gasteiger partial charge in [-0.25, -0.2) is 13.4 Å². The Morgan fingerprint density at radius 3 is 2.68 bits per heavy atom. The minimum absolute atomic E-state index is 0.0816. The van der Waals surface area contributed by atoms with E-state index in [0.717, 1.165) is 39.3 Å². The van der Waals surface area contributed by atoms with Gasteiger partial charge in [0.2, 0.25) is 5.91 Å². The molecule has 1 aliphatic carbocycles. The van der Waals surface area contributed by atoms with Gasteiger partial charge in [0.05, 0.1) is 22.7 Å². The van der Waals surface area contributed by atoms with Crippen molar-refractivity contribution in [3.8, 4) is 11.3 Å². The lowest BCUT2D eigenvalue weighted by Gasteiger charge is -2.22. The molecule has 0 fully saturated rings. The topological polar surface area (TPSA) is 79.4 Å². The van der Waals surface area contributed by atoms with E-state index < -0.39 is 10.0 Å². The van der Waals surface area contributed by atoms with E-state index in [-0.39, 0.29) is 11.3 Å². The molecule has 0 unspecified atom stereocenters. The Bertz CT molecular complexity index is 1550. The van der Waals surface area contributed by atoms with E-state index >= 15 is 0 Å². The van der Waals surface area contributed by atoms with Crippen LogP contribution in [-0.4, -0.2) is 25.9 Å². The third kappa shape index (κ3) is 5.13. The van der Waals surface area contributed by atoms with E-state index in [0.29, 0.717) is 35.1 Å². The molecule has 0 saturated heterocycles. The first-order chi connectivity index (χ1) is 17.5. The predicted octanol–water partition coefficient (Wildman–Crippen LogP) is 6.42. The summed E-state index contributed by atoms with van der Waals surface area (Å²) in [5.74, 6) is -0.0816. The molecule has 8 heteroatoms. The van der Waals surface area contributed by atoms with Gasteiger partial charge in [-0.2, -0.15) is 0 Å². The number of anilines is 2. The van der Waals surface area contributed by atoms with Crippen molar-refractivity contribution in [3.05, 3.63) is 82.3 Å². The fourth-order valence-corrected chi connectivity index (χ4v) is 7.38. The van der Waals surface area contributed by atoms with Crippen LogP contribution in [0.3, 0.4) is 0 Å². The molecule has 3 aromatic rings. The third-order valence-corrected chi connectivity index (χ3v) is 9.77. The van der Waals surface area contributed by atoms with Crippen LogP contribution in [0, 0.1) is 19.3 Å². The van der Waals surface area contributed by atoms with Crippen molar-refractivity contribution >= 4 is 38.1 Å². The molecule has 6 nitrogen and oxygen atoms in total. The molecule has 37 heavy (non-hydrogen) atoms. The Labute approximate surface area is 222 Å². The Morgan fingerprint density at radius 1 is 1.16 bits per heavy atom. The average molecular weight is 534 g/mol. The number of thiazole rings is 1. The largest absolute Gasteiger partial charge is 0.302 e. The summed E-state index contributed by atoms with van der Waals surface area (Å²) in [5, 5.41) is 3.52. The van der Waals surface area contributed by atoms with Crippen molar-refractivity contribution in [1.29, 1.82) is 0 Å². The van der Waals surface area contributed by atoms with Gasteiger partial charge < -0.3 is 5.32 Å². The fourth-order valence-electron chi connectivity index (χ4n) is 4.79. The Balaban J connectivity index is 1.33. The molecule has 0 saturated carbocycles. The lowest BCUT2D eigenvalue weighted by Crippen LogP contribution is -2.29. The number of nitrogens with zero attached hydrogens (tertiary/aromatic N) is 2. The van der Waals surface area contributed by atoms with Gasteiger partial charge >= 0.3 is 0 Å². The maximum absolute atomic E-state index is 13.4. The number of fused-ring (bicyclic) bond motifs is 1. The molecule has 2 aliphatic rings. The number of rotatable bonds is 6. The molecule has 0 spiro atoms. The van der Waals surface area contributed by atoms with E-state index in [1.54, 1.807) is 12.1 Å². The summed E-state index contributed by atoms with van der Waals surface area (Å²) in [6.07, 6.45) is 8.21. The zero-order chi connectivity index (χ0) is 26.4. The monoisotopic (exact) mass is 533 g/mol. The first-order valence-electron chi connectivity index (χ1n) is 12.4. The van der Waals surface area contributed by atoms with Gasteiger partial charge in [-0.3, -0.25) is 9.10 Å². The molecule has 1 amide bonds. The van der Waals surface area contributed by atoms with Gasteiger partial charge in [-0.05, 0) is 67.0 Å². The number of amides is 1. The van der Waals surface area contributed by atoms with Gasteiger partial charge in [0.25, 0.3) is 10.0 Å². The van der Waals surface area contributed by atoms with Crippen molar-refractivity contribution < 1.29 is 13.2 Å². The molecule has 5 rings (SSSR count). The number of hydrogen-bond donors (Lipinski definition) is 1. The number of carbonyl (C=O) groups excluding carboxylic acids is 1. The van der Waals surface area contributed by atoms with Crippen LogP contribution in [0.5, 0.6) is 0 Å². The van der Waals surface area contributed by atoms with Crippen molar-refractivity contribution in [1.82, 2.24) is 4.98 Å². The van der Waals surface area contributed by atoms with Crippen LogP contribution in [0.1, 0.15) is 42.7 Å². The Hall–Kier alpha value is -3.23. The zero-order valence-corrected chi connectivity index (χ0v) is 23.2. The lowest BCUT2D eigenvalue weighted by atomic mass is 9.83. The number of carbonyl (C=O) groups is 1. The van der Waals surface area contributed by atoms with Gasteiger partial charge in [0.1, 0.15) is 0 Å². The summed E-state index contributed by atoms with van der Waals surface area (Å²) in [6.45, 7) is 8.57. The van der Waals surface area contributed by atoms with Crippen molar-refractivity contribution in [2.45, 2.75) is 51.9 Å². The highest BCUT2D eigenvalue weighted by Gasteiger charge is 2.32. The van der Waals surface area contributed by atoms with E-state index in [1.165, 1.54) is 15.6 Å². The van der Waals surface area contributed by atoms with Crippen molar-refractivity contribution in [3.63, 3.8) is 0 Å². The number of benzene rings is 2. The van der Waals surface area contributed by atoms with Crippen LogP contribution < -0.4 is 9.62 Å². The summed E-state index contributed by atoms with van der Waals surface area (Å²) in [6, 6.07) is 12.9. The number of hydrogen-bond acceptors (Lipinski definition) is 5. The standard InChI is InChI=1S/C29H31N3O3S2/c1-19-7-5-6-8-25(19)37(34,35)32-16-13-22-18-23(9-10-24(22)32)27-20(2)36-28(31-27)30-26(33)17-21-11-14-29(3,4)15-12-21/h5-12,14,18H,13,15-17H2,1-4H3,(H,30,31,33). The molecule has 1 N–H and O–H groups in total. The van der Waals surface area contributed by atoms with Gasteiger partial charge in [-0.1, -0.05) is 56.3 Å².